The van der Waals surface area contributed by atoms with E-state index >= 15 is 0 Å². The number of thiophene rings is 1. The average Bonchev–Trinajstić information content (AvgIpc) is 3.61. The number of rotatable bonds is 11. The zero-order valence-corrected chi connectivity index (χ0v) is 22.0. The summed E-state index contributed by atoms with van der Waals surface area (Å²) in [5, 5.41) is 16.6. The summed E-state index contributed by atoms with van der Waals surface area (Å²) in [6.07, 6.45) is 0. The van der Waals surface area contributed by atoms with Crippen LogP contribution < -0.4 is 24.8 Å². The zero-order valence-electron chi connectivity index (χ0n) is 20.4. The van der Waals surface area contributed by atoms with Crippen molar-refractivity contribution in [1.82, 2.24) is 20.1 Å². The molecular formula is C25H25N5O5S2. The number of nitrogens with zero attached hydrogens (tertiary/aromatic N) is 3. The quantitative estimate of drug-likeness (QED) is 0.275. The molecule has 0 spiro atoms. The van der Waals surface area contributed by atoms with Crippen LogP contribution in [0.5, 0.6) is 17.2 Å². The molecule has 0 aliphatic rings. The Morgan fingerprint density at radius 1 is 0.973 bits per heavy atom. The second kappa shape index (κ2) is 12.3. The topological polar surface area (TPSA) is 117 Å². The third kappa shape index (κ3) is 6.40. The molecule has 4 rings (SSSR count). The van der Waals surface area contributed by atoms with Crippen LogP contribution in [-0.4, -0.2) is 53.7 Å². The highest BCUT2D eigenvalue weighted by molar-refractivity contribution is 7.99. The molecule has 10 nitrogen and oxygen atoms in total. The lowest BCUT2D eigenvalue weighted by molar-refractivity contribution is -0.113. The summed E-state index contributed by atoms with van der Waals surface area (Å²) >= 11 is 2.56. The summed E-state index contributed by atoms with van der Waals surface area (Å²) in [7, 11) is 4.71. The number of nitrogens with one attached hydrogen (secondary N) is 2. The molecule has 192 valence electrons. The van der Waals surface area contributed by atoms with E-state index in [1.165, 1.54) is 23.1 Å². The van der Waals surface area contributed by atoms with Gasteiger partial charge in [0, 0.05) is 11.8 Å². The van der Waals surface area contributed by atoms with Gasteiger partial charge >= 0.3 is 0 Å². The van der Waals surface area contributed by atoms with E-state index in [1.807, 2.05) is 11.4 Å². The first-order chi connectivity index (χ1) is 18.0. The third-order valence-electron chi connectivity index (χ3n) is 5.19. The van der Waals surface area contributed by atoms with E-state index in [-0.39, 0.29) is 24.1 Å². The molecule has 0 atom stereocenters. The summed E-state index contributed by atoms with van der Waals surface area (Å²) in [6.45, 7) is 0.114. The van der Waals surface area contributed by atoms with E-state index in [0.29, 0.717) is 44.5 Å². The first-order valence-corrected chi connectivity index (χ1v) is 12.9. The van der Waals surface area contributed by atoms with Crippen LogP contribution in [0.15, 0.2) is 65.1 Å². The van der Waals surface area contributed by atoms with Gasteiger partial charge in [0.25, 0.3) is 5.91 Å². The van der Waals surface area contributed by atoms with Crippen LogP contribution in [0.3, 0.4) is 0 Å². The van der Waals surface area contributed by atoms with E-state index < -0.39 is 0 Å². The Morgan fingerprint density at radius 2 is 1.73 bits per heavy atom. The number of hydrogen-bond acceptors (Lipinski definition) is 9. The average molecular weight is 540 g/mol. The van der Waals surface area contributed by atoms with Gasteiger partial charge in [0.2, 0.25) is 5.91 Å². The predicted molar refractivity (Wildman–Crippen MR) is 142 cm³/mol. The number of hydrogen-bond donors (Lipinski definition) is 2. The van der Waals surface area contributed by atoms with E-state index in [4.69, 9.17) is 14.2 Å². The molecule has 2 amide bonds. The normalized spacial score (nSPS) is 10.6. The van der Waals surface area contributed by atoms with Crippen molar-refractivity contribution in [1.29, 1.82) is 0 Å². The monoisotopic (exact) mass is 539 g/mol. The third-order valence-corrected chi connectivity index (χ3v) is 6.98. The minimum atomic E-state index is -0.213. The van der Waals surface area contributed by atoms with Crippen LogP contribution >= 0.6 is 23.1 Å². The highest BCUT2D eigenvalue weighted by atomic mass is 32.2. The molecule has 0 aliphatic heterocycles. The van der Waals surface area contributed by atoms with Crippen molar-refractivity contribution in [3.63, 3.8) is 0 Å². The largest absolute Gasteiger partial charge is 0.497 e. The molecule has 0 fully saturated rings. The highest BCUT2D eigenvalue weighted by Gasteiger charge is 2.20. The molecule has 0 saturated heterocycles. The number of amides is 2. The number of aromatic nitrogens is 3. The van der Waals surface area contributed by atoms with E-state index in [1.54, 1.807) is 74.4 Å². The van der Waals surface area contributed by atoms with Crippen molar-refractivity contribution in [2.75, 3.05) is 32.4 Å². The number of carbonyl (C=O) groups is 2. The molecule has 2 heterocycles. The number of ether oxygens (including phenoxy) is 3. The smallest absolute Gasteiger partial charge is 0.261 e. The number of benzene rings is 2. The van der Waals surface area contributed by atoms with Gasteiger partial charge < -0.3 is 24.8 Å². The minimum absolute atomic E-state index is 0.0814. The van der Waals surface area contributed by atoms with Crippen molar-refractivity contribution >= 4 is 40.6 Å². The Balaban J connectivity index is 1.57. The van der Waals surface area contributed by atoms with E-state index in [2.05, 4.69) is 20.8 Å². The van der Waals surface area contributed by atoms with Gasteiger partial charge in [-0.25, -0.2) is 0 Å². The van der Waals surface area contributed by atoms with Crippen LogP contribution in [0.2, 0.25) is 0 Å². The predicted octanol–water partition coefficient (Wildman–Crippen LogP) is 4.02. The maximum atomic E-state index is 12.6. The molecule has 0 aliphatic carbocycles. The number of thioether (sulfide) groups is 1. The molecule has 12 heteroatoms. The summed E-state index contributed by atoms with van der Waals surface area (Å²) in [4.78, 5) is 25.8. The summed E-state index contributed by atoms with van der Waals surface area (Å²) in [5.41, 5.74) is 1.27. The Hall–Kier alpha value is -4.03. The molecule has 4 aromatic rings. The molecule has 2 aromatic carbocycles. The van der Waals surface area contributed by atoms with Crippen molar-refractivity contribution in [2.24, 2.45) is 0 Å². The number of carbonyl (C=O) groups excluding carboxylic acids is 2. The first-order valence-electron chi connectivity index (χ1n) is 11.1. The Bertz CT molecular complexity index is 1360. The van der Waals surface area contributed by atoms with Crippen molar-refractivity contribution in [3.8, 4) is 22.9 Å². The zero-order chi connectivity index (χ0) is 26.2. The van der Waals surface area contributed by atoms with Crippen LogP contribution in [0, 0.1) is 0 Å². The number of anilines is 1. The SMILES string of the molecule is COc1ccc(NC(=O)CSc2nnc(CNC(=O)c3cccs3)n2-c2cc(OC)ccc2OC)cc1. The van der Waals surface area contributed by atoms with Gasteiger partial charge in [-0.3, -0.25) is 14.2 Å². The maximum absolute atomic E-state index is 12.6. The fraction of sp³-hybridized carbons (Fsp3) is 0.200. The molecule has 0 unspecified atom stereocenters. The lowest BCUT2D eigenvalue weighted by Gasteiger charge is -2.15. The molecule has 2 N–H and O–H groups in total. The molecular weight excluding hydrogens is 514 g/mol. The molecule has 0 bridgehead atoms. The van der Waals surface area contributed by atoms with Crippen LogP contribution in [0.1, 0.15) is 15.5 Å². The van der Waals surface area contributed by atoms with Crippen LogP contribution in [0.25, 0.3) is 5.69 Å². The van der Waals surface area contributed by atoms with Gasteiger partial charge in [-0.2, -0.15) is 0 Å². The fourth-order valence-corrected chi connectivity index (χ4v) is 4.78. The molecule has 37 heavy (non-hydrogen) atoms. The minimum Gasteiger partial charge on any atom is -0.497 e. The lowest BCUT2D eigenvalue weighted by atomic mass is 10.2. The molecule has 0 saturated carbocycles. The van der Waals surface area contributed by atoms with Crippen LogP contribution in [-0.2, 0) is 11.3 Å². The molecule has 0 radical (unpaired) electrons. The van der Waals surface area contributed by atoms with Crippen LogP contribution in [0.4, 0.5) is 5.69 Å². The lowest BCUT2D eigenvalue weighted by Crippen LogP contribution is -2.24. The van der Waals surface area contributed by atoms with Crippen molar-refractivity contribution in [2.45, 2.75) is 11.7 Å². The highest BCUT2D eigenvalue weighted by Crippen LogP contribution is 2.32. The second-order valence-corrected chi connectivity index (χ2v) is 9.39. The van der Waals surface area contributed by atoms with Crippen molar-refractivity contribution in [3.05, 3.63) is 70.7 Å². The molecule has 2 aromatic heterocycles. The Labute approximate surface area is 222 Å². The standard InChI is InChI=1S/C25H25N5O5S2/c1-33-17-8-6-16(7-9-17)27-23(31)15-37-25-29-28-22(14-26-24(32)21-5-4-12-36-21)30(25)19-13-18(34-2)10-11-20(19)35-3/h4-13H,14-15H2,1-3H3,(H,26,32)(H,27,31). The van der Waals surface area contributed by atoms with E-state index in [0.717, 1.165) is 0 Å². The second-order valence-electron chi connectivity index (χ2n) is 7.50. The van der Waals surface area contributed by atoms with Gasteiger partial charge in [0.15, 0.2) is 11.0 Å². The van der Waals surface area contributed by atoms with Crippen molar-refractivity contribution < 1.29 is 23.8 Å². The Morgan fingerprint density at radius 3 is 2.41 bits per heavy atom. The van der Waals surface area contributed by atoms with Gasteiger partial charge in [0.1, 0.15) is 17.2 Å². The first kappa shape index (κ1) is 26.0. The van der Waals surface area contributed by atoms with Gasteiger partial charge in [0.05, 0.1) is 44.2 Å². The summed E-state index contributed by atoms with van der Waals surface area (Å²) < 4.78 is 17.9. The summed E-state index contributed by atoms with van der Waals surface area (Å²) in [5.74, 6) is 1.98. The summed E-state index contributed by atoms with van der Waals surface area (Å²) in [6, 6.07) is 16.0. The van der Waals surface area contributed by atoms with Gasteiger partial charge in [-0.1, -0.05) is 17.8 Å². The number of methoxy groups -OCH3 is 3. The fourth-order valence-electron chi connectivity index (χ4n) is 3.38. The van der Waals surface area contributed by atoms with Gasteiger partial charge in [-0.05, 0) is 47.8 Å². The van der Waals surface area contributed by atoms with Gasteiger partial charge in [-0.15, -0.1) is 21.5 Å². The maximum Gasteiger partial charge on any atom is 0.261 e. The van der Waals surface area contributed by atoms with E-state index in [9.17, 15) is 9.59 Å². The Kier molecular flexibility index (Phi) is 8.64.